The fourth-order valence-electron chi connectivity index (χ4n) is 4.14. The zero-order chi connectivity index (χ0) is 14.8. The molecule has 20 heavy (non-hydrogen) atoms. The van der Waals surface area contributed by atoms with Gasteiger partial charge in [-0.1, -0.05) is 26.2 Å². The molecule has 1 saturated carbocycles. The van der Waals surface area contributed by atoms with Crippen LogP contribution in [0, 0.1) is 11.8 Å². The second-order valence-electron chi connectivity index (χ2n) is 6.79. The predicted octanol–water partition coefficient (Wildman–Crippen LogP) is 2.38. The molecular weight excluding hydrogens is 274 g/mol. The van der Waals surface area contributed by atoms with E-state index in [2.05, 4.69) is 6.92 Å². The number of rotatable bonds is 4. The van der Waals surface area contributed by atoms with Crippen molar-refractivity contribution in [2.45, 2.75) is 63.9 Å². The third kappa shape index (κ3) is 3.74. The van der Waals surface area contributed by atoms with Crippen molar-refractivity contribution < 1.29 is 13.5 Å². The smallest absolute Gasteiger partial charge is 0.211 e. The third-order valence-electron chi connectivity index (χ3n) is 5.26. The first-order valence-electron chi connectivity index (χ1n) is 8.02. The lowest BCUT2D eigenvalue weighted by Crippen LogP contribution is -2.46. The van der Waals surface area contributed by atoms with Crippen LogP contribution in [-0.4, -0.2) is 42.8 Å². The number of sulfonamides is 1. The lowest BCUT2D eigenvalue weighted by Gasteiger charge is -2.43. The first-order valence-corrected chi connectivity index (χ1v) is 9.87. The molecule has 0 spiro atoms. The molecule has 5 heteroatoms. The fraction of sp³-hybridized carbons (Fsp3) is 1.00. The van der Waals surface area contributed by atoms with E-state index in [1.807, 2.05) is 0 Å². The van der Waals surface area contributed by atoms with Crippen LogP contribution < -0.4 is 0 Å². The zero-order valence-corrected chi connectivity index (χ0v) is 13.7. The molecule has 3 unspecified atom stereocenters. The number of aliphatic hydroxyl groups is 1. The molecule has 0 aromatic heterocycles. The number of hydrogen-bond donors (Lipinski definition) is 1. The average Bonchev–Trinajstić information content (AvgIpc) is 2.38. The molecule has 1 heterocycles. The second-order valence-corrected chi connectivity index (χ2v) is 8.77. The van der Waals surface area contributed by atoms with Crippen molar-refractivity contribution in [2.75, 3.05) is 19.3 Å². The van der Waals surface area contributed by atoms with Gasteiger partial charge in [0.05, 0.1) is 11.9 Å². The highest BCUT2D eigenvalue weighted by Crippen LogP contribution is 2.41. The van der Waals surface area contributed by atoms with Gasteiger partial charge < -0.3 is 5.11 Å². The van der Waals surface area contributed by atoms with E-state index >= 15 is 0 Å². The largest absolute Gasteiger partial charge is 0.390 e. The van der Waals surface area contributed by atoms with Crippen LogP contribution in [0.3, 0.4) is 0 Å². The quantitative estimate of drug-likeness (QED) is 0.867. The molecule has 2 fully saturated rings. The lowest BCUT2D eigenvalue weighted by atomic mass is 9.69. The molecule has 1 aliphatic carbocycles. The molecular formula is C15H29NO3S. The zero-order valence-electron chi connectivity index (χ0n) is 12.8. The normalized spacial score (nSPS) is 37.0. The van der Waals surface area contributed by atoms with E-state index in [1.54, 1.807) is 4.31 Å². The summed E-state index contributed by atoms with van der Waals surface area (Å²) < 4.78 is 25.0. The van der Waals surface area contributed by atoms with Gasteiger partial charge in [-0.3, -0.25) is 0 Å². The van der Waals surface area contributed by atoms with Crippen molar-refractivity contribution in [3.8, 4) is 0 Å². The van der Waals surface area contributed by atoms with Crippen molar-refractivity contribution in [1.29, 1.82) is 0 Å². The lowest BCUT2D eigenvalue weighted by molar-refractivity contribution is -0.0712. The first-order chi connectivity index (χ1) is 9.35. The Balaban J connectivity index is 2.01. The number of nitrogens with zero attached hydrogens (tertiary/aromatic N) is 1. The van der Waals surface area contributed by atoms with Gasteiger partial charge in [0.2, 0.25) is 10.0 Å². The molecule has 1 N–H and O–H groups in total. The molecule has 0 bridgehead atoms. The van der Waals surface area contributed by atoms with Gasteiger partial charge in [-0.05, 0) is 43.9 Å². The summed E-state index contributed by atoms with van der Waals surface area (Å²) in [5.41, 5.74) is -0.557. The van der Waals surface area contributed by atoms with Crippen LogP contribution in [0.1, 0.15) is 58.3 Å². The maximum atomic E-state index is 11.7. The van der Waals surface area contributed by atoms with E-state index in [4.69, 9.17) is 0 Å². The summed E-state index contributed by atoms with van der Waals surface area (Å²) >= 11 is 0. The molecule has 0 aromatic rings. The van der Waals surface area contributed by atoms with Crippen LogP contribution in [0.25, 0.3) is 0 Å². The van der Waals surface area contributed by atoms with Crippen molar-refractivity contribution in [1.82, 2.24) is 4.31 Å². The molecule has 1 saturated heterocycles. The van der Waals surface area contributed by atoms with Crippen LogP contribution in [0.5, 0.6) is 0 Å². The molecule has 2 aliphatic rings. The number of piperidine rings is 1. The van der Waals surface area contributed by atoms with E-state index in [0.29, 0.717) is 24.9 Å². The van der Waals surface area contributed by atoms with Crippen molar-refractivity contribution in [3.05, 3.63) is 0 Å². The Morgan fingerprint density at radius 2 is 2.00 bits per heavy atom. The van der Waals surface area contributed by atoms with Crippen molar-refractivity contribution >= 4 is 10.0 Å². The Labute approximate surface area is 123 Å². The van der Waals surface area contributed by atoms with Gasteiger partial charge in [0, 0.05) is 13.1 Å². The first kappa shape index (κ1) is 16.2. The Kier molecular flexibility index (Phi) is 5.14. The highest BCUT2D eigenvalue weighted by molar-refractivity contribution is 7.88. The van der Waals surface area contributed by atoms with Crippen LogP contribution >= 0.6 is 0 Å². The predicted molar refractivity (Wildman–Crippen MR) is 81.0 cm³/mol. The fourth-order valence-corrected chi connectivity index (χ4v) is 5.08. The van der Waals surface area contributed by atoms with Gasteiger partial charge in [0.1, 0.15) is 0 Å². The summed E-state index contributed by atoms with van der Waals surface area (Å²) in [7, 11) is -3.09. The molecule has 3 atom stereocenters. The minimum absolute atomic E-state index is 0.315. The Bertz CT molecular complexity index is 423. The van der Waals surface area contributed by atoms with E-state index < -0.39 is 15.6 Å². The molecule has 1 aliphatic heterocycles. The van der Waals surface area contributed by atoms with E-state index in [-0.39, 0.29) is 0 Å². The standard InChI is InChI=1S/C15H29NO3S/c1-3-14-8-4-5-9-15(14,17)11-13-7-6-10-16(12-13)20(2,18)19/h13-14,17H,3-12H2,1-2H3. The highest BCUT2D eigenvalue weighted by Gasteiger charge is 2.40. The summed E-state index contributed by atoms with van der Waals surface area (Å²) in [6.07, 6.45) is 9.40. The molecule has 0 aromatic carbocycles. The Morgan fingerprint density at radius 1 is 1.25 bits per heavy atom. The van der Waals surface area contributed by atoms with Crippen molar-refractivity contribution in [3.63, 3.8) is 0 Å². The van der Waals surface area contributed by atoms with E-state index in [9.17, 15) is 13.5 Å². The van der Waals surface area contributed by atoms with Crippen LogP contribution in [0.15, 0.2) is 0 Å². The SMILES string of the molecule is CCC1CCCCC1(O)CC1CCCN(S(C)(=O)=O)C1. The molecule has 0 radical (unpaired) electrons. The maximum Gasteiger partial charge on any atom is 0.211 e. The van der Waals surface area contributed by atoms with E-state index in [0.717, 1.165) is 44.9 Å². The van der Waals surface area contributed by atoms with Gasteiger partial charge in [-0.2, -0.15) is 0 Å². The average molecular weight is 303 g/mol. The van der Waals surface area contributed by atoms with Gasteiger partial charge in [-0.25, -0.2) is 12.7 Å². The number of hydrogen-bond acceptors (Lipinski definition) is 3. The second kappa shape index (κ2) is 6.32. The maximum absolute atomic E-state index is 11.7. The minimum atomic E-state index is -3.09. The van der Waals surface area contributed by atoms with Crippen LogP contribution in [0.4, 0.5) is 0 Å². The molecule has 4 nitrogen and oxygen atoms in total. The van der Waals surface area contributed by atoms with Gasteiger partial charge in [0.25, 0.3) is 0 Å². The summed E-state index contributed by atoms with van der Waals surface area (Å²) in [5, 5.41) is 11.0. The summed E-state index contributed by atoms with van der Waals surface area (Å²) in [4.78, 5) is 0. The van der Waals surface area contributed by atoms with E-state index in [1.165, 1.54) is 12.7 Å². The van der Waals surface area contributed by atoms with Gasteiger partial charge >= 0.3 is 0 Å². The third-order valence-corrected chi connectivity index (χ3v) is 6.53. The summed E-state index contributed by atoms with van der Waals surface area (Å²) in [6.45, 7) is 3.40. The van der Waals surface area contributed by atoms with Gasteiger partial charge in [0.15, 0.2) is 0 Å². The Morgan fingerprint density at radius 3 is 2.65 bits per heavy atom. The monoisotopic (exact) mass is 303 g/mol. The molecule has 2 rings (SSSR count). The minimum Gasteiger partial charge on any atom is -0.390 e. The van der Waals surface area contributed by atoms with Gasteiger partial charge in [-0.15, -0.1) is 0 Å². The topological polar surface area (TPSA) is 57.6 Å². The highest BCUT2D eigenvalue weighted by atomic mass is 32.2. The summed E-state index contributed by atoms with van der Waals surface area (Å²) in [6, 6.07) is 0. The van der Waals surface area contributed by atoms with Crippen LogP contribution in [0.2, 0.25) is 0 Å². The summed E-state index contributed by atoms with van der Waals surface area (Å²) in [5.74, 6) is 0.709. The van der Waals surface area contributed by atoms with Crippen molar-refractivity contribution in [2.24, 2.45) is 11.8 Å². The molecule has 0 amide bonds. The van der Waals surface area contributed by atoms with Crippen LogP contribution in [-0.2, 0) is 10.0 Å². The molecule has 118 valence electrons. The Hall–Kier alpha value is -0.130.